The van der Waals surface area contributed by atoms with Crippen molar-refractivity contribution >= 4 is 0 Å². The second-order valence-corrected chi connectivity index (χ2v) is 4.43. The van der Waals surface area contributed by atoms with Crippen LogP contribution in [-0.4, -0.2) is 37.3 Å². The van der Waals surface area contributed by atoms with Crippen molar-refractivity contribution in [2.24, 2.45) is 0 Å². The number of hydrogen-bond acceptors (Lipinski definition) is 2. The summed E-state index contributed by atoms with van der Waals surface area (Å²) in [5.41, 5.74) is 1.08. The Bertz CT molecular complexity index is 315. The molecule has 1 aromatic carbocycles. The van der Waals surface area contributed by atoms with Gasteiger partial charge >= 0.3 is 0 Å². The van der Waals surface area contributed by atoms with Gasteiger partial charge in [-0.3, -0.25) is 4.90 Å². The number of alkyl halides is 1. The Balaban J connectivity index is 2.10. The molecule has 0 radical (unpaired) electrons. The van der Waals surface area contributed by atoms with Crippen molar-refractivity contribution in [2.45, 2.75) is 19.0 Å². The van der Waals surface area contributed by atoms with Crippen LogP contribution in [0.1, 0.15) is 18.5 Å². The molecule has 0 spiro atoms. The van der Waals surface area contributed by atoms with Gasteiger partial charge in [0.25, 0.3) is 0 Å². The minimum atomic E-state index is -0.309. The van der Waals surface area contributed by atoms with Crippen LogP contribution in [0.4, 0.5) is 4.39 Å². The summed E-state index contributed by atoms with van der Waals surface area (Å²) in [4.78, 5) is 2.23. The third kappa shape index (κ3) is 2.60. The third-order valence-corrected chi connectivity index (χ3v) is 3.17. The van der Waals surface area contributed by atoms with Gasteiger partial charge in [0.05, 0.1) is 6.04 Å². The third-order valence-electron chi connectivity index (χ3n) is 3.17. The first kappa shape index (κ1) is 11.6. The fourth-order valence-electron chi connectivity index (χ4n) is 2.32. The lowest BCUT2D eigenvalue weighted by molar-refractivity contribution is 0.127. The van der Waals surface area contributed by atoms with Gasteiger partial charge in [0.15, 0.2) is 0 Å². The molecule has 3 heteroatoms. The number of halogens is 1. The summed E-state index contributed by atoms with van der Waals surface area (Å²) < 4.78 is 13.2. The van der Waals surface area contributed by atoms with Crippen LogP contribution in [0.5, 0.6) is 0 Å². The van der Waals surface area contributed by atoms with Gasteiger partial charge in [-0.15, -0.1) is 0 Å². The highest BCUT2D eigenvalue weighted by Gasteiger charge is 2.24. The molecule has 1 fully saturated rings. The Labute approximate surface area is 96.5 Å². The van der Waals surface area contributed by atoms with E-state index in [0.717, 1.165) is 25.2 Å². The average molecular weight is 222 g/mol. The van der Waals surface area contributed by atoms with Crippen molar-refractivity contribution in [2.75, 3.05) is 26.3 Å². The van der Waals surface area contributed by atoms with E-state index in [0.29, 0.717) is 6.04 Å². The van der Waals surface area contributed by atoms with Gasteiger partial charge in [-0.1, -0.05) is 30.3 Å². The van der Waals surface area contributed by atoms with Gasteiger partial charge in [0, 0.05) is 25.7 Å². The largest absolute Gasteiger partial charge is 0.312 e. The van der Waals surface area contributed by atoms with Gasteiger partial charge in [-0.05, 0) is 12.5 Å². The van der Waals surface area contributed by atoms with Crippen molar-refractivity contribution in [3.8, 4) is 0 Å². The maximum atomic E-state index is 13.2. The van der Waals surface area contributed by atoms with Gasteiger partial charge in [0.2, 0.25) is 0 Å². The van der Waals surface area contributed by atoms with Crippen molar-refractivity contribution in [3.05, 3.63) is 35.9 Å². The predicted molar refractivity (Wildman–Crippen MR) is 64.2 cm³/mol. The summed E-state index contributed by atoms with van der Waals surface area (Å²) in [6.07, 6.45) is 0. The van der Waals surface area contributed by atoms with Crippen LogP contribution >= 0.6 is 0 Å². The van der Waals surface area contributed by atoms with E-state index in [1.165, 1.54) is 0 Å². The molecule has 0 aromatic heterocycles. The van der Waals surface area contributed by atoms with Gasteiger partial charge in [0.1, 0.15) is 6.67 Å². The number of nitrogens with one attached hydrogen (secondary N) is 1. The van der Waals surface area contributed by atoms with E-state index in [-0.39, 0.29) is 12.7 Å². The zero-order valence-corrected chi connectivity index (χ0v) is 9.70. The Kier molecular flexibility index (Phi) is 3.91. The molecule has 1 saturated heterocycles. The molecule has 2 nitrogen and oxygen atoms in total. The molecule has 0 bridgehead atoms. The standard InChI is InChI=1S/C13H19FN2/c1-11-10-16(8-7-15-11)13(9-14)12-5-3-2-4-6-12/h2-6,11,13,15H,7-10H2,1H3/t11-,13-/m1/s1. The summed E-state index contributed by atoms with van der Waals surface area (Å²) in [6.45, 7) is 4.63. The molecule has 0 unspecified atom stereocenters. The Hall–Kier alpha value is -0.930. The minimum absolute atomic E-state index is 0.0780. The molecule has 0 saturated carbocycles. The number of benzene rings is 1. The normalized spacial score (nSPS) is 24.2. The van der Waals surface area contributed by atoms with E-state index in [4.69, 9.17) is 0 Å². The molecule has 0 aliphatic carbocycles. The minimum Gasteiger partial charge on any atom is -0.312 e. The molecule has 1 heterocycles. The molecule has 2 atom stereocenters. The summed E-state index contributed by atoms with van der Waals surface area (Å²) in [7, 11) is 0. The zero-order valence-electron chi connectivity index (χ0n) is 9.70. The van der Waals surface area contributed by atoms with Crippen LogP contribution in [0.15, 0.2) is 30.3 Å². The van der Waals surface area contributed by atoms with Crippen LogP contribution in [0, 0.1) is 0 Å². The number of nitrogens with zero attached hydrogens (tertiary/aromatic N) is 1. The SMILES string of the molecule is C[C@@H]1CN([C@H](CF)c2ccccc2)CCN1. The Morgan fingerprint density at radius 2 is 2.19 bits per heavy atom. The molecule has 1 aliphatic rings. The first-order valence-corrected chi connectivity index (χ1v) is 5.89. The fourth-order valence-corrected chi connectivity index (χ4v) is 2.32. The first-order chi connectivity index (χ1) is 7.81. The molecular weight excluding hydrogens is 203 g/mol. The van der Waals surface area contributed by atoms with Crippen LogP contribution < -0.4 is 5.32 Å². The molecule has 16 heavy (non-hydrogen) atoms. The Morgan fingerprint density at radius 3 is 2.81 bits per heavy atom. The van der Waals surface area contributed by atoms with Gasteiger partial charge < -0.3 is 5.32 Å². The van der Waals surface area contributed by atoms with E-state index in [9.17, 15) is 4.39 Å². The van der Waals surface area contributed by atoms with Gasteiger partial charge in [-0.25, -0.2) is 4.39 Å². The van der Waals surface area contributed by atoms with E-state index in [1.807, 2.05) is 30.3 Å². The van der Waals surface area contributed by atoms with E-state index >= 15 is 0 Å². The monoisotopic (exact) mass is 222 g/mol. The van der Waals surface area contributed by atoms with Crippen molar-refractivity contribution < 1.29 is 4.39 Å². The molecule has 1 aliphatic heterocycles. The molecule has 2 rings (SSSR count). The number of hydrogen-bond donors (Lipinski definition) is 1. The van der Waals surface area contributed by atoms with Crippen molar-refractivity contribution in [1.29, 1.82) is 0 Å². The number of rotatable bonds is 3. The molecule has 0 amide bonds. The quantitative estimate of drug-likeness (QED) is 0.841. The lowest BCUT2D eigenvalue weighted by Crippen LogP contribution is -2.50. The summed E-state index contributed by atoms with van der Waals surface area (Å²) in [5.74, 6) is 0. The molecule has 1 N–H and O–H groups in total. The maximum Gasteiger partial charge on any atom is 0.109 e. The summed E-state index contributed by atoms with van der Waals surface area (Å²) in [6, 6.07) is 10.3. The molecular formula is C13H19FN2. The first-order valence-electron chi connectivity index (χ1n) is 5.89. The smallest absolute Gasteiger partial charge is 0.109 e. The highest BCUT2D eigenvalue weighted by Crippen LogP contribution is 2.22. The van der Waals surface area contributed by atoms with Crippen molar-refractivity contribution in [1.82, 2.24) is 10.2 Å². The summed E-state index contributed by atoms with van der Waals surface area (Å²) in [5, 5.41) is 3.38. The predicted octanol–water partition coefficient (Wildman–Crippen LogP) is 1.99. The second kappa shape index (κ2) is 5.41. The maximum absolute atomic E-state index is 13.2. The van der Waals surface area contributed by atoms with Crippen LogP contribution in [0.3, 0.4) is 0 Å². The molecule has 1 aromatic rings. The zero-order chi connectivity index (χ0) is 11.4. The van der Waals surface area contributed by atoms with E-state index < -0.39 is 0 Å². The molecule has 88 valence electrons. The van der Waals surface area contributed by atoms with Crippen molar-refractivity contribution in [3.63, 3.8) is 0 Å². The van der Waals surface area contributed by atoms with E-state index in [2.05, 4.69) is 17.1 Å². The highest BCUT2D eigenvalue weighted by atomic mass is 19.1. The van der Waals surface area contributed by atoms with Gasteiger partial charge in [-0.2, -0.15) is 0 Å². The fraction of sp³-hybridized carbons (Fsp3) is 0.538. The lowest BCUT2D eigenvalue weighted by atomic mass is 10.0. The van der Waals surface area contributed by atoms with Crippen LogP contribution in [0.25, 0.3) is 0 Å². The van der Waals surface area contributed by atoms with Crippen LogP contribution in [-0.2, 0) is 0 Å². The highest BCUT2D eigenvalue weighted by molar-refractivity contribution is 5.19. The second-order valence-electron chi connectivity index (χ2n) is 4.43. The average Bonchev–Trinajstić information content (AvgIpc) is 2.31. The Morgan fingerprint density at radius 1 is 1.44 bits per heavy atom. The van der Waals surface area contributed by atoms with E-state index in [1.54, 1.807) is 0 Å². The summed E-state index contributed by atoms with van der Waals surface area (Å²) >= 11 is 0. The number of piperazine rings is 1. The topological polar surface area (TPSA) is 15.3 Å². The van der Waals surface area contributed by atoms with Crippen LogP contribution in [0.2, 0.25) is 0 Å². The lowest BCUT2D eigenvalue weighted by Gasteiger charge is -2.36.